The van der Waals surface area contributed by atoms with E-state index < -0.39 is 12.8 Å². The van der Waals surface area contributed by atoms with E-state index in [2.05, 4.69) is 15.4 Å². The molecule has 1 aromatic rings. The third kappa shape index (κ3) is 7.01. The Morgan fingerprint density at radius 3 is 2.38 bits per heavy atom. The Morgan fingerprint density at radius 2 is 1.85 bits per heavy atom. The van der Waals surface area contributed by atoms with Crippen LogP contribution in [-0.2, 0) is 4.74 Å². The van der Waals surface area contributed by atoms with Crippen molar-refractivity contribution >= 4 is 18.3 Å². The van der Waals surface area contributed by atoms with Crippen LogP contribution in [0.2, 0.25) is 0 Å². The molecule has 1 saturated heterocycles. The number of amides is 1. The summed E-state index contributed by atoms with van der Waals surface area (Å²) in [6.07, 6.45) is -2.57. The maximum Gasteiger partial charge on any atom is 0.422 e. The number of piperidine rings is 1. The second-order valence-corrected chi connectivity index (χ2v) is 6.29. The molecule has 1 heterocycles. The van der Waals surface area contributed by atoms with Crippen molar-refractivity contribution in [2.24, 2.45) is 5.41 Å². The molecule has 1 fully saturated rings. The summed E-state index contributed by atoms with van der Waals surface area (Å²) in [6, 6.07) is 5.62. The second kappa shape index (κ2) is 9.99. The number of benzene rings is 1. The fourth-order valence-electron chi connectivity index (χ4n) is 2.87. The Bertz CT molecular complexity index is 556. The molecule has 1 aliphatic heterocycles. The minimum absolute atomic E-state index is 0. The van der Waals surface area contributed by atoms with Crippen LogP contribution >= 0.6 is 12.4 Å². The smallest absolute Gasteiger partial charge is 0.422 e. The zero-order chi connectivity index (χ0) is 18.3. The molecular weight excluding hydrogens is 373 g/mol. The number of hydrogen-bond donors (Lipinski definition) is 2. The standard InChI is InChI=1S/C17H23F3N2O3.ClH/c1-24-11-16(6-8-21-9-7-16)10-22-15(23)13-2-4-14(5-3-13)25-12-17(18,19)20;/h2-5,21H,6-12H2,1H3,(H,22,23);1H. The topological polar surface area (TPSA) is 59.6 Å². The minimum Gasteiger partial charge on any atom is -0.484 e. The summed E-state index contributed by atoms with van der Waals surface area (Å²) < 4.78 is 46.3. The van der Waals surface area contributed by atoms with E-state index in [1.807, 2.05) is 0 Å². The van der Waals surface area contributed by atoms with Crippen LogP contribution in [0.3, 0.4) is 0 Å². The number of methoxy groups -OCH3 is 1. The van der Waals surface area contributed by atoms with Gasteiger partial charge in [0.2, 0.25) is 0 Å². The Hall–Kier alpha value is -1.51. The van der Waals surface area contributed by atoms with Crippen molar-refractivity contribution < 1.29 is 27.4 Å². The Labute approximate surface area is 157 Å². The molecule has 0 unspecified atom stereocenters. The van der Waals surface area contributed by atoms with Gasteiger partial charge in [0.05, 0.1) is 6.61 Å². The van der Waals surface area contributed by atoms with Crippen molar-refractivity contribution in [2.75, 3.05) is 40.0 Å². The van der Waals surface area contributed by atoms with Crippen LogP contribution in [-0.4, -0.2) is 52.0 Å². The van der Waals surface area contributed by atoms with Gasteiger partial charge in [-0.1, -0.05) is 0 Å². The quantitative estimate of drug-likeness (QED) is 0.744. The van der Waals surface area contributed by atoms with E-state index in [1.165, 1.54) is 24.3 Å². The van der Waals surface area contributed by atoms with E-state index in [0.717, 1.165) is 25.9 Å². The van der Waals surface area contributed by atoms with Gasteiger partial charge >= 0.3 is 6.18 Å². The summed E-state index contributed by atoms with van der Waals surface area (Å²) in [4.78, 5) is 12.3. The lowest BCUT2D eigenvalue weighted by Gasteiger charge is -2.37. The summed E-state index contributed by atoms with van der Waals surface area (Å²) in [7, 11) is 1.64. The number of hydrogen-bond acceptors (Lipinski definition) is 4. The maximum atomic E-state index is 12.3. The Kier molecular flexibility index (Phi) is 8.66. The van der Waals surface area contributed by atoms with E-state index in [-0.39, 0.29) is 29.5 Å². The van der Waals surface area contributed by atoms with Gasteiger partial charge in [0.25, 0.3) is 5.91 Å². The maximum absolute atomic E-state index is 12.3. The summed E-state index contributed by atoms with van der Waals surface area (Å²) in [5.74, 6) is -0.195. The number of rotatable bonds is 7. The summed E-state index contributed by atoms with van der Waals surface area (Å²) in [5.41, 5.74) is 0.284. The number of carbonyl (C=O) groups is 1. The summed E-state index contributed by atoms with van der Waals surface area (Å²) in [6.45, 7) is 1.47. The number of ether oxygens (including phenoxy) is 2. The molecular formula is C17H24ClF3N2O3. The molecule has 0 aliphatic carbocycles. The average Bonchev–Trinajstić information content (AvgIpc) is 2.59. The fourth-order valence-corrected chi connectivity index (χ4v) is 2.87. The van der Waals surface area contributed by atoms with Crippen LogP contribution in [0.1, 0.15) is 23.2 Å². The third-order valence-electron chi connectivity index (χ3n) is 4.26. The predicted molar refractivity (Wildman–Crippen MR) is 94.0 cm³/mol. The molecule has 0 bridgehead atoms. The highest BCUT2D eigenvalue weighted by Crippen LogP contribution is 2.28. The van der Waals surface area contributed by atoms with Gasteiger partial charge in [-0.2, -0.15) is 13.2 Å². The SMILES string of the molecule is COCC1(CNC(=O)c2ccc(OCC(F)(F)F)cc2)CCNCC1.Cl. The van der Waals surface area contributed by atoms with E-state index in [0.29, 0.717) is 18.7 Å². The highest BCUT2D eigenvalue weighted by molar-refractivity contribution is 5.94. The molecule has 1 amide bonds. The number of alkyl halides is 3. The lowest BCUT2D eigenvalue weighted by atomic mass is 9.79. The highest BCUT2D eigenvalue weighted by atomic mass is 35.5. The van der Waals surface area contributed by atoms with Crippen molar-refractivity contribution in [3.63, 3.8) is 0 Å². The minimum atomic E-state index is -4.39. The first-order valence-corrected chi connectivity index (χ1v) is 8.11. The van der Waals surface area contributed by atoms with Gasteiger partial charge in [0, 0.05) is 24.6 Å². The normalized spacial score (nSPS) is 16.5. The summed E-state index contributed by atoms with van der Waals surface area (Å²) >= 11 is 0. The molecule has 0 saturated carbocycles. The molecule has 148 valence electrons. The first kappa shape index (κ1) is 22.5. The van der Waals surface area contributed by atoms with Crippen LogP contribution in [0.5, 0.6) is 5.75 Å². The second-order valence-electron chi connectivity index (χ2n) is 6.29. The first-order valence-electron chi connectivity index (χ1n) is 8.11. The van der Waals surface area contributed by atoms with Gasteiger partial charge in [0.1, 0.15) is 5.75 Å². The van der Waals surface area contributed by atoms with Gasteiger partial charge in [-0.25, -0.2) is 0 Å². The van der Waals surface area contributed by atoms with Crippen molar-refractivity contribution in [3.05, 3.63) is 29.8 Å². The fraction of sp³-hybridized carbons (Fsp3) is 0.588. The van der Waals surface area contributed by atoms with Crippen LogP contribution in [0.15, 0.2) is 24.3 Å². The highest BCUT2D eigenvalue weighted by Gasteiger charge is 2.32. The number of nitrogens with one attached hydrogen (secondary N) is 2. The monoisotopic (exact) mass is 396 g/mol. The van der Waals surface area contributed by atoms with E-state index in [1.54, 1.807) is 7.11 Å². The summed E-state index contributed by atoms with van der Waals surface area (Å²) in [5, 5.41) is 6.19. The van der Waals surface area contributed by atoms with Crippen molar-refractivity contribution in [2.45, 2.75) is 19.0 Å². The zero-order valence-corrected chi connectivity index (χ0v) is 15.3. The lowest BCUT2D eigenvalue weighted by Crippen LogP contribution is -2.47. The molecule has 2 rings (SSSR count). The first-order chi connectivity index (χ1) is 11.8. The van der Waals surface area contributed by atoms with E-state index in [9.17, 15) is 18.0 Å². The van der Waals surface area contributed by atoms with E-state index >= 15 is 0 Å². The van der Waals surface area contributed by atoms with Gasteiger partial charge < -0.3 is 20.1 Å². The van der Waals surface area contributed by atoms with Gasteiger partial charge in [-0.05, 0) is 50.2 Å². The molecule has 1 aliphatic rings. The molecule has 0 spiro atoms. The largest absolute Gasteiger partial charge is 0.484 e. The molecule has 2 N–H and O–H groups in total. The lowest BCUT2D eigenvalue weighted by molar-refractivity contribution is -0.153. The van der Waals surface area contributed by atoms with Crippen molar-refractivity contribution in [3.8, 4) is 5.75 Å². The van der Waals surface area contributed by atoms with Crippen LogP contribution in [0.4, 0.5) is 13.2 Å². The van der Waals surface area contributed by atoms with Crippen molar-refractivity contribution in [1.82, 2.24) is 10.6 Å². The molecule has 9 heteroatoms. The van der Waals surface area contributed by atoms with Crippen LogP contribution < -0.4 is 15.4 Å². The zero-order valence-electron chi connectivity index (χ0n) is 14.5. The molecule has 0 atom stereocenters. The van der Waals surface area contributed by atoms with Crippen LogP contribution in [0.25, 0.3) is 0 Å². The predicted octanol–water partition coefficient (Wildman–Crippen LogP) is 2.80. The molecule has 1 aromatic carbocycles. The Balaban J connectivity index is 0.00000338. The van der Waals surface area contributed by atoms with Gasteiger partial charge in [-0.15, -0.1) is 12.4 Å². The molecule has 5 nitrogen and oxygen atoms in total. The van der Waals surface area contributed by atoms with Crippen LogP contribution in [0, 0.1) is 5.41 Å². The number of halogens is 4. The third-order valence-corrected chi connectivity index (χ3v) is 4.26. The number of carbonyl (C=O) groups excluding carboxylic acids is 1. The van der Waals surface area contributed by atoms with Gasteiger partial charge in [-0.3, -0.25) is 4.79 Å². The Morgan fingerprint density at radius 1 is 1.23 bits per heavy atom. The molecule has 0 radical (unpaired) electrons. The van der Waals surface area contributed by atoms with Gasteiger partial charge in [0.15, 0.2) is 6.61 Å². The molecule has 0 aromatic heterocycles. The average molecular weight is 397 g/mol. The molecule has 26 heavy (non-hydrogen) atoms. The van der Waals surface area contributed by atoms with Crippen molar-refractivity contribution in [1.29, 1.82) is 0 Å². The van der Waals surface area contributed by atoms with E-state index in [4.69, 9.17) is 4.74 Å².